The van der Waals surface area contributed by atoms with Gasteiger partial charge in [0.2, 0.25) is 0 Å². The van der Waals surface area contributed by atoms with Crippen molar-refractivity contribution in [2.75, 3.05) is 5.75 Å². The highest BCUT2D eigenvalue weighted by atomic mass is 32.2. The van der Waals surface area contributed by atoms with Crippen LogP contribution in [0.4, 0.5) is 0 Å². The molecule has 0 fully saturated rings. The Bertz CT molecular complexity index is 1310. The minimum atomic E-state index is 0.0920. The molecule has 1 aliphatic carbocycles. The van der Waals surface area contributed by atoms with E-state index in [4.69, 9.17) is 4.74 Å². The summed E-state index contributed by atoms with van der Waals surface area (Å²) in [7, 11) is 1.97. The average molecular weight is 461 g/mol. The molecule has 2 heterocycles. The van der Waals surface area contributed by atoms with Gasteiger partial charge in [-0.25, -0.2) is 0 Å². The fraction of sp³-hybridized carbons (Fsp3) is 0.346. The lowest BCUT2D eigenvalue weighted by Crippen LogP contribution is -2.09. The van der Waals surface area contributed by atoms with Crippen LogP contribution < -0.4 is 4.74 Å². The Morgan fingerprint density at radius 1 is 1.09 bits per heavy atom. The largest absolute Gasteiger partial charge is 0.486 e. The molecule has 0 atom stereocenters. The normalized spacial score (nSPS) is 13.3. The Kier molecular flexibility index (Phi) is 6.22. The number of hydrogen-bond donors (Lipinski definition) is 0. The number of para-hydroxylation sites is 1. The zero-order chi connectivity index (χ0) is 22.8. The molecule has 2 aromatic carbocycles. The molecule has 0 radical (unpaired) electrons. The molecule has 1 aliphatic rings. The summed E-state index contributed by atoms with van der Waals surface area (Å²) in [5, 5.41) is 10.4. The second kappa shape index (κ2) is 9.43. The molecule has 4 aromatic rings. The molecule has 0 saturated carbocycles. The number of thioether (sulfide) groups is 1. The predicted molar refractivity (Wildman–Crippen MR) is 131 cm³/mol. The van der Waals surface area contributed by atoms with E-state index in [0.717, 1.165) is 52.6 Å². The number of rotatable bonds is 8. The lowest BCUT2D eigenvalue weighted by atomic mass is 9.92. The number of nitrogens with zero attached hydrogens (tertiary/aromatic N) is 4. The molecule has 2 aromatic heterocycles. The van der Waals surface area contributed by atoms with E-state index in [0.29, 0.717) is 12.4 Å². The summed E-state index contributed by atoms with van der Waals surface area (Å²) in [4.78, 5) is 13.0. The van der Waals surface area contributed by atoms with Crippen molar-refractivity contribution in [1.82, 2.24) is 19.3 Å². The van der Waals surface area contributed by atoms with E-state index in [1.807, 2.05) is 46.6 Å². The van der Waals surface area contributed by atoms with Crippen molar-refractivity contribution in [3.63, 3.8) is 0 Å². The van der Waals surface area contributed by atoms with Crippen molar-refractivity contribution >= 4 is 28.4 Å². The van der Waals surface area contributed by atoms with Crippen LogP contribution in [0, 0.1) is 0 Å². The van der Waals surface area contributed by atoms with Gasteiger partial charge >= 0.3 is 0 Å². The van der Waals surface area contributed by atoms with Crippen molar-refractivity contribution in [2.45, 2.75) is 50.9 Å². The van der Waals surface area contributed by atoms with Gasteiger partial charge in [0.1, 0.15) is 12.4 Å². The molecule has 0 N–H and O–H groups in total. The van der Waals surface area contributed by atoms with E-state index in [-0.39, 0.29) is 5.78 Å². The summed E-state index contributed by atoms with van der Waals surface area (Å²) in [5.41, 5.74) is 4.65. The number of ether oxygens (including phenoxy) is 1. The lowest BCUT2D eigenvalue weighted by molar-refractivity contribution is 0.102. The van der Waals surface area contributed by atoms with Gasteiger partial charge in [-0.2, -0.15) is 0 Å². The maximum absolute atomic E-state index is 13.0. The molecule has 170 valence electrons. The first-order chi connectivity index (χ1) is 16.1. The van der Waals surface area contributed by atoms with Gasteiger partial charge in [0.25, 0.3) is 0 Å². The Morgan fingerprint density at radius 2 is 1.91 bits per heavy atom. The van der Waals surface area contributed by atoms with Gasteiger partial charge in [0.15, 0.2) is 16.8 Å². The maximum atomic E-state index is 13.0. The number of aryl methyl sites for hydroxylation is 3. The van der Waals surface area contributed by atoms with Gasteiger partial charge in [-0.05, 0) is 61.9 Å². The summed E-state index contributed by atoms with van der Waals surface area (Å²) >= 11 is 1.43. The Morgan fingerprint density at radius 3 is 2.76 bits per heavy atom. The SMILES string of the molecule is CCn1c(COc2ccc3c(c2)CCCC3)nnc1SCC(=O)c1cn(C)c2ccccc12. The third-order valence-electron chi connectivity index (χ3n) is 6.33. The summed E-state index contributed by atoms with van der Waals surface area (Å²) in [5.74, 6) is 2.06. The molecule has 0 unspecified atom stereocenters. The van der Waals surface area contributed by atoms with Crippen molar-refractivity contribution in [3.8, 4) is 5.75 Å². The number of carbonyl (C=O) groups is 1. The second-order valence-electron chi connectivity index (χ2n) is 8.45. The first-order valence-corrected chi connectivity index (χ1v) is 12.5. The zero-order valence-corrected chi connectivity index (χ0v) is 19.9. The number of hydrogen-bond acceptors (Lipinski definition) is 5. The first-order valence-electron chi connectivity index (χ1n) is 11.5. The molecular weight excluding hydrogens is 432 g/mol. The lowest BCUT2D eigenvalue weighted by Gasteiger charge is -2.16. The van der Waals surface area contributed by atoms with Gasteiger partial charge in [-0.1, -0.05) is 36.0 Å². The molecule has 6 nitrogen and oxygen atoms in total. The molecule has 33 heavy (non-hydrogen) atoms. The van der Waals surface area contributed by atoms with E-state index in [2.05, 4.69) is 35.3 Å². The maximum Gasteiger partial charge on any atom is 0.191 e. The molecule has 0 saturated heterocycles. The summed E-state index contributed by atoms with van der Waals surface area (Å²) < 4.78 is 10.1. The van der Waals surface area contributed by atoms with Crippen LogP contribution in [0.5, 0.6) is 5.75 Å². The second-order valence-corrected chi connectivity index (χ2v) is 9.39. The van der Waals surface area contributed by atoms with E-state index >= 15 is 0 Å². The molecule has 0 aliphatic heterocycles. The summed E-state index contributed by atoms with van der Waals surface area (Å²) in [6, 6.07) is 14.4. The van der Waals surface area contributed by atoms with Crippen molar-refractivity contribution < 1.29 is 9.53 Å². The van der Waals surface area contributed by atoms with Crippen LogP contribution in [0.25, 0.3) is 10.9 Å². The molecule has 5 rings (SSSR count). The number of Topliss-reactive ketones (excluding diaryl/α,β-unsaturated/α-hetero) is 1. The van der Waals surface area contributed by atoms with Gasteiger partial charge in [0, 0.05) is 36.3 Å². The number of aromatic nitrogens is 4. The molecule has 0 amide bonds. The molecular formula is C26H28N4O2S. The third kappa shape index (κ3) is 4.42. The highest BCUT2D eigenvalue weighted by Crippen LogP contribution is 2.27. The molecule has 0 spiro atoms. The summed E-state index contributed by atoms with van der Waals surface area (Å²) in [6.07, 6.45) is 6.73. The van der Waals surface area contributed by atoms with Crippen molar-refractivity contribution in [1.29, 1.82) is 0 Å². The van der Waals surface area contributed by atoms with Gasteiger partial charge < -0.3 is 13.9 Å². The van der Waals surface area contributed by atoms with Crippen LogP contribution in [-0.2, 0) is 33.0 Å². The van der Waals surface area contributed by atoms with Crippen LogP contribution >= 0.6 is 11.8 Å². The Balaban J connectivity index is 1.25. The number of carbonyl (C=O) groups excluding carboxylic acids is 1. The predicted octanol–water partition coefficient (Wildman–Crippen LogP) is 5.22. The topological polar surface area (TPSA) is 61.9 Å². The number of ketones is 1. The van der Waals surface area contributed by atoms with Crippen LogP contribution in [0.2, 0.25) is 0 Å². The highest BCUT2D eigenvalue weighted by molar-refractivity contribution is 7.99. The monoisotopic (exact) mass is 460 g/mol. The molecule has 0 bridgehead atoms. The van der Waals surface area contributed by atoms with Gasteiger partial charge in [-0.15, -0.1) is 10.2 Å². The average Bonchev–Trinajstić information content (AvgIpc) is 3.41. The van der Waals surface area contributed by atoms with E-state index in [1.165, 1.54) is 35.7 Å². The van der Waals surface area contributed by atoms with Crippen LogP contribution in [-0.4, -0.2) is 30.9 Å². The minimum absolute atomic E-state index is 0.0920. The van der Waals surface area contributed by atoms with Crippen LogP contribution in [0.15, 0.2) is 53.8 Å². The third-order valence-corrected chi connectivity index (χ3v) is 7.29. The van der Waals surface area contributed by atoms with E-state index < -0.39 is 0 Å². The Hall–Kier alpha value is -3.06. The van der Waals surface area contributed by atoms with Crippen LogP contribution in [0.1, 0.15) is 47.1 Å². The highest BCUT2D eigenvalue weighted by Gasteiger charge is 2.18. The van der Waals surface area contributed by atoms with Gasteiger partial charge in [0.05, 0.1) is 5.75 Å². The first kappa shape index (κ1) is 21.8. The summed E-state index contributed by atoms with van der Waals surface area (Å²) in [6.45, 7) is 3.14. The van der Waals surface area contributed by atoms with Crippen molar-refractivity contribution in [3.05, 3.63) is 71.2 Å². The minimum Gasteiger partial charge on any atom is -0.486 e. The molecule has 7 heteroatoms. The Labute approximate surface area is 198 Å². The van der Waals surface area contributed by atoms with E-state index in [9.17, 15) is 4.79 Å². The zero-order valence-electron chi connectivity index (χ0n) is 19.1. The quantitative estimate of drug-likeness (QED) is 0.266. The van der Waals surface area contributed by atoms with Gasteiger partial charge in [-0.3, -0.25) is 4.79 Å². The smallest absolute Gasteiger partial charge is 0.191 e. The van der Waals surface area contributed by atoms with Crippen molar-refractivity contribution in [2.24, 2.45) is 7.05 Å². The van der Waals surface area contributed by atoms with Crippen LogP contribution in [0.3, 0.4) is 0 Å². The number of benzene rings is 2. The fourth-order valence-corrected chi connectivity index (χ4v) is 5.47. The fourth-order valence-electron chi connectivity index (χ4n) is 4.57. The van der Waals surface area contributed by atoms with E-state index in [1.54, 1.807) is 0 Å². The standard InChI is InChI=1S/C26H28N4O2S/c1-3-30-25(16-32-20-13-12-18-8-4-5-9-19(18)14-20)27-28-26(30)33-17-24(31)22-15-29(2)23-11-7-6-10-21(22)23/h6-7,10-15H,3-5,8-9,16-17H2,1-2H3. The number of fused-ring (bicyclic) bond motifs is 2.